The number of carbonyl (C=O) groups is 1. The molecule has 1 aromatic heterocycles. The van der Waals surface area contributed by atoms with E-state index in [1.165, 1.54) is 48.5 Å². The first-order valence-electron chi connectivity index (χ1n) is 7.08. The molecule has 3 aromatic rings. The molecule has 1 amide bonds. The maximum absolute atomic E-state index is 12.2. The van der Waals surface area contributed by atoms with E-state index in [0.29, 0.717) is 16.3 Å². The Labute approximate surface area is 146 Å². The standard InChI is InChI=1S/C17H11ClN2O5/c18-11-4-5-14(21)13(9-11)19-17(22)16-7-6-15(25-16)10-2-1-3-12(8-10)20(23)24/h1-9,21H,(H,19,22). The fraction of sp³-hybridized carbons (Fsp3) is 0. The second kappa shape index (κ2) is 6.66. The van der Waals surface area contributed by atoms with Crippen LogP contribution >= 0.6 is 11.6 Å². The zero-order valence-corrected chi connectivity index (χ0v) is 13.4. The van der Waals surface area contributed by atoms with Crippen LogP contribution < -0.4 is 5.32 Å². The molecule has 0 spiro atoms. The summed E-state index contributed by atoms with van der Waals surface area (Å²) in [5, 5.41) is 23.4. The molecule has 0 bridgehead atoms. The molecule has 0 atom stereocenters. The number of aromatic hydroxyl groups is 1. The summed E-state index contributed by atoms with van der Waals surface area (Å²) in [6, 6.07) is 13.1. The van der Waals surface area contributed by atoms with E-state index in [4.69, 9.17) is 16.0 Å². The summed E-state index contributed by atoms with van der Waals surface area (Å²) in [5.41, 5.74) is 0.536. The minimum Gasteiger partial charge on any atom is -0.506 e. The van der Waals surface area contributed by atoms with Gasteiger partial charge < -0.3 is 14.8 Å². The molecular formula is C17H11ClN2O5. The van der Waals surface area contributed by atoms with Gasteiger partial charge in [0.25, 0.3) is 11.6 Å². The summed E-state index contributed by atoms with van der Waals surface area (Å²) >= 11 is 5.83. The Bertz CT molecular complexity index is 967. The zero-order chi connectivity index (χ0) is 18.0. The van der Waals surface area contributed by atoms with Crippen LogP contribution in [0.1, 0.15) is 10.6 Å². The summed E-state index contributed by atoms with van der Waals surface area (Å²) in [6.45, 7) is 0. The minimum absolute atomic E-state index is 0.0131. The van der Waals surface area contributed by atoms with Gasteiger partial charge in [0.15, 0.2) is 5.76 Å². The van der Waals surface area contributed by atoms with Gasteiger partial charge in [-0.15, -0.1) is 0 Å². The summed E-state index contributed by atoms with van der Waals surface area (Å²) in [7, 11) is 0. The molecule has 126 valence electrons. The number of rotatable bonds is 4. The van der Waals surface area contributed by atoms with Gasteiger partial charge in [0.05, 0.1) is 10.6 Å². The van der Waals surface area contributed by atoms with Crippen molar-refractivity contribution in [2.45, 2.75) is 0 Å². The molecular weight excluding hydrogens is 348 g/mol. The normalized spacial score (nSPS) is 10.4. The lowest BCUT2D eigenvalue weighted by molar-refractivity contribution is -0.384. The lowest BCUT2D eigenvalue weighted by atomic mass is 10.1. The van der Waals surface area contributed by atoms with Gasteiger partial charge in [-0.05, 0) is 30.3 Å². The molecule has 0 aliphatic heterocycles. The Hall–Kier alpha value is -3.32. The summed E-state index contributed by atoms with van der Waals surface area (Å²) in [4.78, 5) is 22.6. The van der Waals surface area contributed by atoms with Crippen molar-refractivity contribution in [2.24, 2.45) is 0 Å². The first-order valence-corrected chi connectivity index (χ1v) is 7.46. The Morgan fingerprint density at radius 2 is 1.96 bits per heavy atom. The van der Waals surface area contributed by atoms with Crippen molar-refractivity contribution in [1.29, 1.82) is 0 Å². The van der Waals surface area contributed by atoms with E-state index in [1.54, 1.807) is 6.07 Å². The highest BCUT2D eigenvalue weighted by Gasteiger charge is 2.15. The van der Waals surface area contributed by atoms with Gasteiger partial charge in [0.1, 0.15) is 11.5 Å². The van der Waals surface area contributed by atoms with Crippen LogP contribution in [0.4, 0.5) is 11.4 Å². The summed E-state index contributed by atoms with van der Waals surface area (Å²) in [5.74, 6) is -0.428. The highest BCUT2D eigenvalue weighted by Crippen LogP contribution is 2.29. The highest BCUT2D eigenvalue weighted by atomic mass is 35.5. The van der Waals surface area contributed by atoms with Crippen LogP contribution in [-0.2, 0) is 0 Å². The molecule has 1 heterocycles. The molecule has 0 radical (unpaired) electrons. The number of nitrogens with zero attached hydrogens (tertiary/aromatic N) is 1. The van der Waals surface area contributed by atoms with Crippen LogP contribution in [0.5, 0.6) is 5.75 Å². The van der Waals surface area contributed by atoms with Gasteiger partial charge in [0.2, 0.25) is 0 Å². The van der Waals surface area contributed by atoms with E-state index < -0.39 is 10.8 Å². The van der Waals surface area contributed by atoms with Gasteiger partial charge >= 0.3 is 0 Å². The summed E-state index contributed by atoms with van der Waals surface area (Å²) in [6.07, 6.45) is 0. The third-order valence-electron chi connectivity index (χ3n) is 3.38. The number of benzene rings is 2. The molecule has 3 rings (SSSR count). The van der Waals surface area contributed by atoms with Crippen molar-refractivity contribution >= 4 is 28.9 Å². The van der Waals surface area contributed by atoms with Crippen molar-refractivity contribution in [1.82, 2.24) is 0 Å². The van der Waals surface area contributed by atoms with Gasteiger partial charge in [0, 0.05) is 22.7 Å². The van der Waals surface area contributed by atoms with Crippen LogP contribution in [0.2, 0.25) is 5.02 Å². The third-order valence-corrected chi connectivity index (χ3v) is 3.61. The minimum atomic E-state index is -0.589. The molecule has 0 saturated heterocycles. The topological polar surface area (TPSA) is 106 Å². The molecule has 0 unspecified atom stereocenters. The maximum Gasteiger partial charge on any atom is 0.291 e. The van der Waals surface area contributed by atoms with Crippen LogP contribution in [0.3, 0.4) is 0 Å². The number of furan rings is 1. The molecule has 0 aliphatic carbocycles. The Kier molecular flexibility index (Phi) is 4.40. The summed E-state index contributed by atoms with van der Waals surface area (Å²) < 4.78 is 5.46. The second-order valence-corrected chi connectivity index (χ2v) is 5.52. The van der Waals surface area contributed by atoms with Gasteiger partial charge in [-0.2, -0.15) is 0 Å². The van der Waals surface area contributed by atoms with Crippen LogP contribution in [0, 0.1) is 10.1 Å². The number of nitrogens with one attached hydrogen (secondary N) is 1. The highest BCUT2D eigenvalue weighted by molar-refractivity contribution is 6.31. The van der Waals surface area contributed by atoms with Gasteiger partial charge in [-0.1, -0.05) is 23.7 Å². The smallest absolute Gasteiger partial charge is 0.291 e. The first kappa shape index (κ1) is 16.5. The largest absolute Gasteiger partial charge is 0.506 e. The Balaban J connectivity index is 1.83. The molecule has 0 aliphatic rings. The molecule has 7 nitrogen and oxygen atoms in total. The number of hydrogen-bond acceptors (Lipinski definition) is 5. The lowest BCUT2D eigenvalue weighted by Crippen LogP contribution is -2.10. The van der Waals surface area contributed by atoms with Crippen molar-refractivity contribution < 1.29 is 19.2 Å². The number of phenols is 1. The number of halogens is 1. The van der Waals surface area contributed by atoms with E-state index in [9.17, 15) is 20.0 Å². The quantitative estimate of drug-likeness (QED) is 0.406. The van der Waals surface area contributed by atoms with Gasteiger partial charge in [-0.25, -0.2) is 0 Å². The molecule has 2 N–H and O–H groups in total. The van der Waals surface area contributed by atoms with E-state index in [-0.39, 0.29) is 22.9 Å². The number of carbonyl (C=O) groups excluding carboxylic acids is 1. The maximum atomic E-state index is 12.2. The van der Waals surface area contributed by atoms with Gasteiger partial charge in [-0.3, -0.25) is 14.9 Å². The van der Waals surface area contributed by atoms with Crippen LogP contribution in [-0.4, -0.2) is 15.9 Å². The predicted molar refractivity (Wildman–Crippen MR) is 91.9 cm³/mol. The lowest BCUT2D eigenvalue weighted by Gasteiger charge is -2.06. The molecule has 25 heavy (non-hydrogen) atoms. The molecule has 0 saturated carbocycles. The van der Waals surface area contributed by atoms with Crippen molar-refractivity contribution in [3.8, 4) is 17.1 Å². The number of non-ortho nitro benzene ring substituents is 1. The van der Waals surface area contributed by atoms with Crippen LogP contribution in [0.15, 0.2) is 59.0 Å². The van der Waals surface area contributed by atoms with E-state index in [2.05, 4.69) is 5.32 Å². The second-order valence-electron chi connectivity index (χ2n) is 5.09. The molecule has 8 heteroatoms. The van der Waals surface area contributed by atoms with E-state index in [1.807, 2.05) is 0 Å². The van der Waals surface area contributed by atoms with Crippen molar-refractivity contribution in [2.75, 3.05) is 5.32 Å². The number of nitro benzene ring substituents is 1. The van der Waals surface area contributed by atoms with E-state index >= 15 is 0 Å². The predicted octanol–water partition coefficient (Wildman–Crippen LogP) is 4.47. The van der Waals surface area contributed by atoms with Crippen LogP contribution in [0.25, 0.3) is 11.3 Å². The van der Waals surface area contributed by atoms with Crippen molar-refractivity contribution in [3.05, 3.63) is 75.5 Å². The number of nitro groups is 1. The Morgan fingerprint density at radius 3 is 2.72 bits per heavy atom. The zero-order valence-electron chi connectivity index (χ0n) is 12.6. The first-order chi connectivity index (χ1) is 11.9. The molecule has 0 fully saturated rings. The average molecular weight is 359 g/mol. The SMILES string of the molecule is O=C(Nc1cc(Cl)ccc1O)c1ccc(-c2cccc([N+](=O)[O-])c2)o1. The third kappa shape index (κ3) is 3.61. The number of amides is 1. The van der Waals surface area contributed by atoms with Crippen molar-refractivity contribution in [3.63, 3.8) is 0 Å². The molecule has 2 aromatic carbocycles. The Morgan fingerprint density at radius 1 is 1.16 bits per heavy atom. The average Bonchev–Trinajstić information content (AvgIpc) is 3.08. The number of phenolic OH excluding ortho intramolecular Hbond substituents is 1. The van der Waals surface area contributed by atoms with E-state index in [0.717, 1.165) is 0 Å². The number of hydrogen-bond donors (Lipinski definition) is 2. The fourth-order valence-corrected chi connectivity index (χ4v) is 2.35. The fourth-order valence-electron chi connectivity index (χ4n) is 2.18. The number of anilines is 1. The monoisotopic (exact) mass is 358 g/mol.